The van der Waals surface area contributed by atoms with Crippen LogP contribution in [0.15, 0.2) is 24.3 Å². The van der Waals surface area contributed by atoms with Crippen molar-refractivity contribution >= 4 is 17.8 Å². The van der Waals surface area contributed by atoms with Gasteiger partial charge in [-0.05, 0) is 18.1 Å². The maximum Gasteiger partial charge on any atom is 0.416 e. The van der Waals surface area contributed by atoms with Crippen LogP contribution in [0.25, 0.3) is 0 Å². The van der Waals surface area contributed by atoms with Gasteiger partial charge in [-0.3, -0.25) is 14.4 Å². The van der Waals surface area contributed by atoms with Crippen molar-refractivity contribution in [2.45, 2.75) is 31.5 Å². The first kappa shape index (κ1) is 18.5. The number of nitrogens with one attached hydrogen (secondary N) is 1. The molecule has 0 aromatic heterocycles. The highest BCUT2D eigenvalue weighted by molar-refractivity contribution is 5.87. The number of nitrogens with two attached hydrogens (primary N) is 1. The molecule has 0 heterocycles. The second kappa shape index (κ2) is 7.61. The fourth-order valence-electron chi connectivity index (χ4n) is 1.84. The standard InChI is InChI=1S/C14H15F3N2O4/c15-14(16,17)9-3-1-2-8(6-9)7-11(20)19-10(13(18)23)4-5-12(21)22/h1-3,6,10H,4-5,7H2,(H2,18,23)(H,19,20)(H,21,22)/t10-/m0/s1. The molecule has 126 valence electrons. The number of carboxylic acids is 1. The SMILES string of the molecule is NC(=O)[C@H](CCC(=O)O)NC(=O)Cc1cccc(C(F)(F)F)c1. The Balaban J connectivity index is 2.71. The van der Waals surface area contributed by atoms with Crippen LogP contribution in [-0.4, -0.2) is 28.9 Å². The Morgan fingerprint density at radius 1 is 1.26 bits per heavy atom. The molecule has 6 nitrogen and oxygen atoms in total. The maximum atomic E-state index is 12.6. The molecule has 23 heavy (non-hydrogen) atoms. The van der Waals surface area contributed by atoms with Crippen molar-refractivity contribution in [3.05, 3.63) is 35.4 Å². The Morgan fingerprint density at radius 2 is 1.91 bits per heavy atom. The Bertz CT molecular complexity index is 602. The lowest BCUT2D eigenvalue weighted by Crippen LogP contribution is -2.45. The molecular weight excluding hydrogens is 317 g/mol. The number of carbonyl (C=O) groups is 3. The lowest BCUT2D eigenvalue weighted by molar-refractivity contribution is -0.138. The average molecular weight is 332 g/mol. The highest BCUT2D eigenvalue weighted by Crippen LogP contribution is 2.29. The van der Waals surface area contributed by atoms with E-state index < -0.39 is 35.6 Å². The van der Waals surface area contributed by atoms with E-state index in [0.29, 0.717) is 0 Å². The summed E-state index contributed by atoms with van der Waals surface area (Å²) in [5, 5.41) is 10.8. The normalized spacial score (nSPS) is 12.5. The summed E-state index contributed by atoms with van der Waals surface area (Å²) in [5.41, 5.74) is 4.27. The zero-order valence-corrected chi connectivity index (χ0v) is 11.9. The molecule has 0 unspecified atom stereocenters. The van der Waals surface area contributed by atoms with Crippen molar-refractivity contribution in [1.82, 2.24) is 5.32 Å². The van der Waals surface area contributed by atoms with Gasteiger partial charge in [-0.25, -0.2) is 0 Å². The van der Waals surface area contributed by atoms with Crippen LogP contribution in [0.5, 0.6) is 0 Å². The van der Waals surface area contributed by atoms with Crippen LogP contribution in [0.4, 0.5) is 13.2 Å². The minimum Gasteiger partial charge on any atom is -0.481 e. The molecule has 0 aliphatic carbocycles. The molecule has 0 spiro atoms. The number of benzene rings is 1. The van der Waals surface area contributed by atoms with Gasteiger partial charge in [-0.15, -0.1) is 0 Å². The molecule has 0 fully saturated rings. The molecule has 4 N–H and O–H groups in total. The Morgan fingerprint density at radius 3 is 2.43 bits per heavy atom. The molecule has 9 heteroatoms. The fourth-order valence-corrected chi connectivity index (χ4v) is 1.84. The van der Waals surface area contributed by atoms with E-state index in [4.69, 9.17) is 10.8 Å². The van der Waals surface area contributed by atoms with Crippen LogP contribution < -0.4 is 11.1 Å². The van der Waals surface area contributed by atoms with Crippen molar-refractivity contribution < 1.29 is 32.7 Å². The highest BCUT2D eigenvalue weighted by atomic mass is 19.4. The van der Waals surface area contributed by atoms with Crippen LogP contribution in [0.2, 0.25) is 0 Å². The summed E-state index contributed by atoms with van der Waals surface area (Å²) in [7, 11) is 0. The van der Waals surface area contributed by atoms with Gasteiger partial charge >= 0.3 is 12.1 Å². The first-order valence-corrected chi connectivity index (χ1v) is 6.56. The zero-order valence-electron chi connectivity index (χ0n) is 11.9. The summed E-state index contributed by atoms with van der Waals surface area (Å²) in [5.74, 6) is -2.80. The maximum absolute atomic E-state index is 12.6. The number of hydrogen-bond donors (Lipinski definition) is 3. The third-order valence-electron chi connectivity index (χ3n) is 2.94. The van der Waals surface area contributed by atoms with E-state index in [1.54, 1.807) is 0 Å². The molecule has 0 radical (unpaired) electrons. The summed E-state index contributed by atoms with van der Waals surface area (Å²) in [6.45, 7) is 0. The third kappa shape index (κ3) is 6.37. The van der Waals surface area contributed by atoms with Gasteiger partial charge in [0.2, 0.25) is 11.8 Å². The molecule has 1 atom stereocenters. The van der Waals surface area contributed by atoms with E-state index >= 15 is 0 Å². The largest absolute Gasteiger partial charge is 0.481 e. The summed E-state index contributed by atoms with van der Waals surface area (Å²) < 4.78 is 37.7. The average Bonchev–Trinajstić information content (AvgIpc) is 2.42. The van der Waals surface area contributed by atoms with Crippen LogP contribution in [0.3, 0.4) is 0 Å². The van der Waals surface area contributed by atoms with Crippen LogP contribution >= 0.6 is 0 Å². The molecule has 1 aromatic carbocycles. The number of alkyl halides is 3. The highest BCUT2D eigenvalue weighted by Gasteiger charge is 2.30. The first-order chi connectivity index (χ1) is 10.6. The van der Waals surface area contributed by atoms with Crippen molar-refractivity contribution in [3.63, 3.8) is 0 Å². The lowest BCUT2D eigenvalue weighted by Gasteiger charge is -2.15. The number of carboxylic acid groups (broad SMARTS) is 1. The van der Waals surface area contributed by atoms with E-state index in [2.05, 4.69) is 5.32 Å². The van der Waals surface area contributed by atoms with Crippen molar-refractivity contribution in [1.29, 1.82) is 0 Å². The summed E-state index contributed by atoms with van der Waals surface area (Å²) in [4.78, 5) is 33.4. The van der Waals surface area contributed by atoms with Crippen molar-refractivity contribution in [2.24, 2.45) is 5.73 Å². The number of aliphatic carboxylic acids is 1. The van der Waals surface area contributed by atoms with E-state index in [1.807, 2.05) is 0 Å². The monoisotopic (exact) mass is 332 g/mol. The zero-order chi connectivity index (χ0) is 17.6. The second-order valence-electron chi connectivity index (χ2n) is 4.83. The number of amides is 2. The third-order valence-corrected chi connectivity index (χ3v) is 2.94. The van der Waals surface area contributed by atoms with Crippen LogP contribution in [-0.2, 0) is 27.0 Å². The summed E-state index contributed by atoms with van der Waals surface area (Å²) in [6.07, 6.45) is -5.49. The van der Waals surface area contributed by atoms with Crippen molar-refractivity contribution in [2.75, 3.05) is 0 Å². The van der Waals surface area contributed by atoms with Gasteiger partial charge in [0.25, 0.3) is 0 Å². The molecule has 1 aromatic rings. The molecule has 0 saturated carbocycles. The van der Waals surface area contributed by atoms with Gasteiger partial charge in [-0.1, -0.05) is 18.2 Å². The molecule has 0 aliphatic heterocycles. The minimum absolute atomic E-state index is 0.110. The van der Waals surface area contributed by atoms with Gasteiger partial charge in [0, 0.05) is 6.42 Å². The first-order valence-electron chi connectivity index (χ1n) is 6.56. The molecular formula is C14H15F3N2O4. The summed E-state index contributed by atoms with van der Waals surface area (Å²) in [6, 6.07) is 3.02. The van der Waals surface area contributed by atoms with Gasteiger partial charge in [-0.2, -0.15) is 13.2 Å². The predicted octanol–water partition coefficient (Wildman–Crippen LogP) is 1.08. The number of carbonyl (C=O) groups excluding carboxylic acids is 2. The summed E-state index contributed by atoms with van der Waals surface area (Å²) >= 11 is 0. The molecule has 0 bridgehead atoms. The van der Waals surface area contributed by atoms with Crippen molar-refractivity contribution in [3.8, 4) is 0 Å². The van der Waals surface area contributed by atoms with E-state index in [1.165, 1.54) is 12.1 Å². The van der Waals surface area contributed by atoms with Gasteiger partial charge in [0.05, 0.1) is 12.0 Å². The second-order valence-corrected chi connectivity index (χ2v) is 4.83. The number of halogens is 3. The Hall–Kier alpha value is -2.58. The smallest absolute Gasteiger partial charge is 0.416 e. The Kier molecular flexibility index (Phi) is 6.11. The lowest BCUT2D eigenvalue weighted by atomic mass is 10.1. The minimum atomic E-state index is -4.52. The quantitative estimate of drug-likeness (QED) is 0.694. The predicted molar refractivity (Wildman–Crippen MR) is 73.1 cm³/mol. The van der Waals surface area contributed by atoms with E-state index in [0.717, 1.165) is 12.1 Å². The number of rotatable bonds is 7. The molecule has 1 rings (SSSR count). The van der Waals surface area contributed by atoms with E-state index in [9.17, 15) is 27.6 Å². The van der Waals surface area contributed by atoms with E-state index in [-0.39, 0.29) is 24.8 Å². The Labute approximate surface area is 129 Å². The van der Waals surface area contributed by atoms with Crippen LogP contribution in [0.1, 0.15) is 24.0 Å². The van der Waals surface area contributed by atoms with Gasteiger partial charge < -0.3 is 16.2 Å². The number of primary amides is 1. The van der Waals surface area contributed by atoms with Crippen LogP contribution in [0, 0.1) is 0 Å². The van der Waals surface area contributed by atoms with Gasteiger partial charge in [0.1, 0.15) is 6.04 Å². The molecule has 2 amide bonds. The topological polar surface area (TPSA) is 109 Å². The molecule has 0 aliphatic rings. The number of hydrogen-bond acceptors (Lipinski definition) is 3. The molecule has 0 saturated heterocycles. The fraction of sp³-hybridized carbons (Fsp3) is 0.357. The van der Waals surface area contributed by atoms with Gasteiger partial charge in [0.15, 0.2) is 0 Å².